The van der Waals surface area contributed by atoms with E-state index < -0.39 is 0 Å². The average Bonchev–Trinajstić information content (AvgIpc) is 2.89. The minimum atomic E-state index is -0.108. The van der Waals surface area contributed by atoms with Crippen molar-refractivity contribution in [2.24, 2.45) is 5.92 Å². The molecule has 1 aliphatic rings. The first-order valence-corrected chi connectivity index (χ1v) is 11.8. The Morgan fingerprint density at radius 3 is 2.50 bits per heavy atom. The van der Waals surface area contributed by atoms with E-state index in [0.717, 1.165) is 27.5 Å². The molecule has 32 heavy (non-hydrogen) atoms. The first-order chi connectivity index (χ1) is 15.4. The van der Waals surface area contributed by atoms with Crippen LogP contribution in [0, 0.1) is 12.8 Å². The van der Waals surface area contributed by atoms with E-state index in [1.807, 2.05) is 49.4 Å². The second-order valence-corrected chi connectivity index (χ2v) is 9.68. The predicted molar refractivity (Wildman–Crippen MR) is 130 cm³/mol. The summed E-state index contributed by atoms with van der Waals surface area (Å²) in [7, 11) is 0. The fourth-order valence-electron chi connectivity index (χ4n) is 3.67. The van der Waals surface area contributed by atoms with Gasteiger partial charge in [0.05, 0.1) is 17.8 Å². The number of nitrogens with one attached hydrogen (secondary N) is 1. The molecule has 2 amide bonds. The van der Waals surface area contributed by atoms with Crippen LogP contribution in [0.1, 0.15) is 52.1 Å². The van der Waals surface area contributed by atoms with Crippen LogP contribution in [0.3, 0.4) is 0 Å². The van der Waals surface area contributed by atoms with Gasteiger partial charge in [-0.05, 0) is 55.2 Å². The quantitative estimate of drug-likeness (QED) is 0.501. The van der Waals surface area contributed by atoms with Gasteiger partial charge in [-0.25, -0.2) is 0 Å². The van der Waals surface area contributed by atoms with Crippen LogP contribution in [0.4, 0.5) is 5.69 Å². The fraction of sp³-hybridized carbons (Fsp3) is 0.259. The van der Waals surface area contributed by atoms with Gasteiger partial charge in [0.2, 0.25) is 0 Å². The fourth-order valence-corrected chi connectivity index (χ4v) is 4.73. The Balaban J connectivity index is 1.71. The number of hydrogen-bond acceptors (Lipinski definition) is 3. The van der Waals surface area contributed by atoms with Crippen molar-refractivity contribution in [2.45, 2.75) is 43.5 Å². The SMILES string of the molecule is Cc1ccc(CN2C(=O)c3ccccc3Sc3ccc(C(=O)NCCC(C)C)cc32)cc1. The predicted octanol–water partition coefficient (Wildman–Crippen LogP) is 6.08. The van der Waals surface area contributed by atoms with Crippen LogP contribution in [-0.2, 0) is 6.54 Å². The van der Waals surface area contributed by atoms with Crippen molar-refractivity contribution in [3.05, 3.63) is 89.0 Å². The molecule has 1 heterocycles. The Morgan fingerprint density at radius 2 is 1.75 bits per heavy atom. The summed E-state index contributed by atoms with van der Waals surface area (Å²) in [5.74, 6) is 0.368. The number of anilines is 1. The molecule has 0 saturated heterocycles. The summed E-state index contributed by atoms with van der Waals surface area (Å²) in [6.07, 6.45) is 0.930. The highest BCUT2D eigenvalue weighted by Gasteiger charge is 2.28. The third-order valence-electron chi connectivity index (χ3n) is 5.56. The van der Waals surface area contributed by atoms with E-state index in [9.17, 15) is 9.59 Å². The maximum absolute atomic E-state index is 13.6. The van der Waals surface area contributed by atoms with E-state index in [4.69, 9.17) is 0 Å². The smallest absolute Gasteiger partial charge is 0.259 e. The Labute approximate surface area is 194 Å². The summed E-state index contributed by atoms with van der Waals surface area (Å²) < 4.78 is 0. The van der Waals surface area contributed by atoms with Crippen molar-refractivity contribution in [3.63, 3.8) is 0 Å². The number of hydrogen-bond donors (Lipinski definition) is 1. The van der Waals surface area contributed by atoms with Crippen molar-refractivity contribution >= 4 is 29.3 Å². The van der Waals surface area contributed by atoms with Crippen LogP contribution in [0.15, 0.2) is 76.5 Å². The summed E-state index contributed by atoms with van der Waals surface area (Å²) in [6, 6.07) is 21.6. The standard InChI is InChI=1S/C27H28N2O2S/c1-18(2)14-15-28-26(30)21-12-13-25-23(16-21)29(17-20-10-8-19(3)9-11-20)27(31)22-6-4-5-7-24(22)32-25/h4-13,16,18H,14-15,17H2,1-3H3,(H,28,30). The Bertz CT molecular complexity index is 1140. The summed E-state index contributed by atoms with van der Waals surface area (Å²) in [6.45, 7) is 7.41. The number of carbonyl (C=O) groups is 2. The zero-order valence-electron chi connectivity index (χ0n) is 18.7. The summed E-state index contributed by atoms with van der Waals surface area (Å²) in [5, 5.41) is 3.00. The Hall–Kier alpha value is -3.05. The molecule has 3 aromatic carbocycles. The molecule has 0 unspecified atom stereocenters. The number of carbonyl (C=O) groups excluding carboxylic acids is 2. The second kappa shape index (κ2) is 9.61. The minimum Gasteiger partial charge on any atom is -0.352 e. The molecule has 3 aromatic rings. The topological polar surface area (TPSA) is 49.4 Å². The molecule has 1 aliphatic heterocycles. The first-order valence-electron chi connectivity index (χ1n) is 11.0. The summed E-state index contributed by atoms with van der Waals surface area (Å²) in [5.41, 5.74) is 4.25. The molecule has 0 atom stereocenters. The normalized spacial score (nSPS) is 12.9. The van der Waals surface area contributed by atoms with Gasteiger partial charge < -0.3 is 10.2 Å². The second-order valence-electron chi connectivity index (χ2n) is 8.60. The number of rotatable bonds is 6. The summed E-state index contributed by atoms with van der Waals surface area (Å²) in [4.78, 5) is 30.1. The monoisotopic (exact) mass is 444 g/mol. The largest absolute Gasteiger partial charge is 0.352 e. The number of benzene rings is 3. The van der Waals surface area contributed by atoms with Gasteiger partial charge in [0.25, 0.3) is 11.8 Å². The highest BCUT2D eigenvalue weighted by Crippen LogP contribution is 2.42. The molecule has 4 rings (SSSR count). The molecule has 0 radical (unpaired) electrons. The molecule has 0 saturated carbocycles. The van der Waals surface area contributed by atoms with E-state index in [2.05, 4.69) is 43.4 Å². The van der Waals surface area contributed by atoms with Crippen molar-refractivity contribution < 1.29 is 9.59 Å². The Kier molecular flexibility index (Phi) is 6.66. The van der Waals surface area contributed by atoms with Gasteiger partial charge >= 0.3 is 0 Å². The molecular weight excluding hydrogens is 416 g/mol. The molecule has 0 bridgehead atoms. The van der Waals surface area contributed by atoms with Crippen molar-refractivity contribution in [1.82, 2.24) is 5.32 Å². The molecule has 164 valence electrons. The third-order valence-corrected chi connectivity index (χ3v) is 6.70. The van der Waals surface area contributed by atoms with Crippen LogP contribution in [0.2, 0.25) is 0 Å². The third kappa shape index (κ3) is 4.89. The minimum absolute atomic E-state index is 0.0511. The highest BCUT2D eigenvalue weighted by molar-refractivity contribution is 7.99. The maximum atomic E-state index is 13.6. The lowest BCUT2D eigenvalue weighted by molar-refractivity contribution is 0.0948. The van der Waals surface area contributed by atoms with Gasteiger partial charge in [0.1, 0.15) is 0 Å². The van der Waals surface area contributed by atoms with Gasteiger partial charge in [-0.2, -0.15) is 0 Å². The van der Waals surface area contributed by atoms with Crippen LogP contribution in [0.5, 0.6) is 0 Å². The van der Waals surface area contributed by atoms with Crippen LogP contribution >= 0.6 is 11.8 Å². The molecule has 0 spiro atoms. The number of amides is 2. The van der Waals surface area contributed by atoms with Crippen molar-refractivity contribution in [3.8, 4) is 0 Å². The van der Waals surface area contributed by atoms with Crippen molar-refractivity contribution in [1.29, 1.82) is 0 Å². The van der Waals surface area contributed by atoms with E-state index >= 15 is 0 Å². The molecule has 5 heteroatoms. The van der Waals surface area contributed by atoms with E-state index in [1.54, 1.807) is 16.7 Å². The van der Waals surface area contributed by atoms with Gasteiger partial charge in [-0.1, -0.05) is 67.6 Å². The zero-order valence-corrected chi connectivity index (χ0v) is 19.5. The number of nitrogens with zero attached hydrogens (tertiary/aromatic N) is 1. The average molecular weight is 445 g/mol. The van der Waals surface area contributed by atoms with Crippen LogP contribution < -0.4 is 10.2 Å². The van der Waals surface area contributed by atoms with Gasteiger partial charge in [-0.3, -0.25) is 9.59 Å². The molecular formula is C27H28N2O2S. The highest BCUT2D eigenvalue weighted by atomic mass is 32.2. The summed E-state index contributed by atoms with van der Waals surface area (Å²) >= 11 is 1.57. The van der Waals surface area contributed by atoms with Gasteiger partial charge in [0.15, 0.2) is 0 Å². The molecule has 4 nitrogen and oxygen atoms in total. The van der Waals surface area contributed by atoms with Gasteiger partial charge in [0, 0.05) is 21.9 Å². The van der Waals surface area contributed by atoms with Crippen molar-refractivity contribution in [2.75, 3.05) is 11.4 Å². The number of aryl methyl sites for hydroxylation is 1. The van der Waals surface area contributed by atoms with E-state index in [1.165, 1.54) is 5.56 Å². The first kappa shape index (κ1) is 22.2. The molecule has 1 N–H and O–H groups in total. The van der Waals surface area contributed by atoms with Crippen LogP contribution in [-0.4, -0.2) is 18.4 Å². The zero-order chi connectivity index (χ0) is 22.7. The lowest BCUT2D eigenvalue weighted by Gasteiger charge is -2.24. The van der Waals surface area contributed by atoms with E-state index in [0.29, 0.717) is 30.1 Å². The van der Waals surface area contributed by atoms with Crippen LogP contribution in [0.25, 0.3) is 0 Å². The number of fused-ring (bicyclic) bond motifs is 2. The van der Waals surface area contributed by atoms with Gasteiger partial charge in [-0.15, -0.1) is 0 Å². The molecule has 0 aliphatic carbocycles. The van der Waals surface area contributed by atoms with E-state index in [-0.39, 0.29) is 11.8 Å². The Morgan fingerprint density at radius 1 is 1.00 bits per heavy atom. The maximum Gasteiger partial charge on any atom is 0.259 e. The lowest BCUT2D eigenvalue weighted by Crippen LogP contribution is -2.31. The lowest BCUT2D eigenvalue weighted by atomic mass is 10.1. The molecule has 0 fully saturated rings. The molecule has 0 aromatic heterocycles.